The van der Waals surface area contributed by atoms with E-state index in [2.05, 4.69) is 10.6 Å². The summed E-state index contributed by atoms with van der Waals surface area (Å²) in [4.78, 5) is 22.8. The molecule has 1 rings (SSSR count). The summed E-state index contributed by atoms with van der Waals surface area (Å²) < 4.78 is 5.08. The standard InChI is InChI=1S/C12H17N3O3/c1-14-11(16)5-6-15-12(17)9-4-3-8(13)7-10(9)18-2/h3-4,7H,5-6,13H2,1-2H3,(H,14,16)(H,15,17). The first-order chi connectivity index (χ1) is 8.58. The van der Waals surface area contributed by atoms with Crippen LogP contribution in [0.4, 0.5) is 5.69 Å². The second kappa shape index (κ2) is 6.48. The Morgan fingerprint density at radius 1 is 1.39 bits per heavy atom. The Morgan fingerprint density at radius 2 is 2.11 bits per heavy atom. The Morgan fingerprint density at radius 3 is 2.72 bits per heavy atom. The zero-order chi connectivity index (χ0) is 13.5. The van der Waals surface area contributed by atoms with Crippen LogP contribution in [-0.2, 0) is 4.79 Å². The third kappa shape index (κ3) is 3.65. The minimum absolute atomic E-state index is 0.125. The molecule has 4 N–H and O–H groups in total. The molecule has 0 atom stereocenters. The van der Waals surface area contributed by atoms with E-state index in [9.17, 15) is 9.59 Å². The highest BCUT2D eigenvalue weighted by Gasteiger charge is 2.12. The van der Waals surface area contributed by atoms with E-state index in [0.717, 1.165) is 0 Å². The van der Waals surface area contributed by atoms with Crippen LogP contribution in [0.15, 0.2) is 18.2 Å². The molecule has 0 aliphatic carbocycles. The van der Waals surface area contributed by atoms with Crippen LogP contribution in [0.1, 0.15) is 16.8 Å². The molecule has 18 heavy (non-hydrogen) atoms. The quantitative estimate of drug-likeness (QED) is 0.649. The molecule has 0 unspecified atom stereocenters. The smallest absolute Gasteiger partial charge is 0.255 e. The molecule has 0 aromatic heterocycles. The van der Waals surface area contributed by atoms with Gasteiger partial charge in [0, 0.05) is 31.8 Å². The predicted molar refractivity (Wildman–Crippen MR) is 68.4 cm³/mol. The van der Waals surface area contributed by atoms with Crippen molar-refractivity contribution in [2.24, 2.45) is 0 Å². The maximum Gasteiger partial charge on any atom is 0.255 e. The molecule has 0 heterocycles. The number of hydrogen-bond acceptors (Lipinski definition) is 4. The van der Waals surface area contributed by atoms with E-state index in [0.29, 0.717) is 17.0 Å². The van der Waals surface area contributed by atoms with E-state index in [-0.39, 0.29) is 24.8 Å². The van der Waals surface area contributed by atoms with Crippen LogP contribution < -0.4 is 21.1 Å². The normalized spacial score (nSPS) is 9.67. The lowest BCUT2D eigenvalue weighted by atomic mass is 10.1. The maximum absolute atomic E-state index is 11.8. The third-order valence-electron chi connectivity index (χ3n) is 2.39. The van der Waals surface area contributed by atoms with Crippen molar-refractivity contribution in [2.75, 3.05) is 26.4 Å². The summed E-state index contributed by atoms with van der Waals surface area (Å²) in [5.74, 6) is -0.0113. The lowest BCUT2D eigenvalue weighted by Gasteiger charge is -2.09. The Labute approximate surface area is 105 Å². The SMILES string of the molecule is CNC(=O)CCNC(=O)c1ccc(N)cc1OC. The zero-order valence-corrected chi connectivity index (χ0v) is 10.4. The highest BCUT2D eigenvalue weighted by Crippen LogP contribution is 2.21. The molecular formula is C12H17N3O3. The topological polar surface area (TPSA) is 93.5 Å². The van der Waals surface area contributed by atoms with Crippen LogP contribution in [0.25, 0.3) is 0 Å². The van der Waals surface area contributed by atoms with Crippen molar-refractivity contribution in [2.45, 2.75) is 6.42 Å². The fraction of sp³-hybridized carbons (Fsp3) is 0.333. The molecule has 0 aliphatic heterocycles. The van der Waals surface area contributed by atoms with E-state index in [1.807, 2.05) is 0 Å². The lowest BCUT2D eigenvalue weighted by molar-refractivity contribution is -0.120. The van der Waals surface area contributed by atoms with Crippen LogP contribution in [0.3, 0.4) is 0 Å². The van der Waals surface area contributed by atoms with Crippen LogP contribution >= 0.6 is 0 Å². The van der Waals surface area contributed by atoms with Crippen LogP contribution in [0, 0.1) is 0 Å². The molecule has 1 aromatic carbocycles. The van der Waals surface area contributed by atoms with Gasteiger partial charge in [-0.3, -0.25) is 9.59 Å². The van der Waals surface area contributed by atoms with Crippen LogP contribution in [0.5, 0.6) is 5.75 Å². The number of carbonyl (C=O) groups is 2. The summed E-state index contributed by atoms with van der Waals surface area (Å²) in [5.41, 5.74) is 6.51. The average molecular weight is 251 g/mol. The van der Waals surface area contributed by atoms with Gasteiger partial charge in [0.25, 0.3) is 5.91 Å². The van der Waals surface area contributed by atoms with E-state index < -0.39 is 0 Å². The molecule has 1 aromatic rings. The Balaban J connectivity index is 2.64. The van der Waals surface area contributed by atoms with Crippen molar-refractivity contribution in [3.8, 4) is 5.75 Å². The second-order valence-electron chi connectivity index (χ2n) is 3.64. The van der Waals surface area contributed by atoms with Crippen molar-refractivity contribution in [3.63, 3.8) is 0 Å². The predicted octanol–water partition coefficient (Wildman–Crippen LogP) is 0.143. The van der Waals surface area contributed by atoms with E-state index in [4.69, 9.17) is 10.5 Å². The van der Waals surface area contributed by atoms with Gasteiger partial charge in [0.1, 0.15) is 5.75 Å². The fourth-order valence-corrected chi connectivity index (χ4v) is 1.41. The summed E-state index contributed by atoms with van der Waals surface area (Å²) in [7, 11) is 3.02. The largest absolute Gasteiger partial charge is 0.496 e. The molecule has 0 saturated heterocycles. The highest BCUT2D eigenvalue weighted by molar-refractivity contribution is 5.97. The summed E-state index contributed by atoms with van der Waals surface area (Å²) in [6.07, 6.45) is 0.236. The number of ether oxygens (including phenoxy) is 1. The van der Waals surface area contributed by atoms with Gasteiger partial charge in [-0.1, -0.05) is 0 Å². The van der Waals surface area contributed by atoms with Gasteiger partial charge in [0.05, 0.1) is 12.7 Å². The molecule has 6 nitrogen and oxygen atoms in total. The summed E-state index contributed by atoms with van der Waals surface area (Å²) >= 11 is 0. The van der Waals surface area contributed by atoms with Gasteiger partial charge in [-0.25, -0.2) is 0 Å². The van der Waals surface area contributed by atoms with Gasteiger partial charge in [-0.15, -0.1) is 0 Å². The lowest BCUT2D eigenvalue weighted by Crippen LogP contribution is -2.29. The minimum Gasteiger partial charge on any atom is -0.496 e. The van der Waals surface area contributed by atoms with Crippen molar-refractivity contribution >= 4 is 17.5 Å². The van der Waals surface area contributed by atoms with E-state index in [1.165, 1.54) is 7.11 Å². The summed E-state index contributed by atoms with van der Waals surface area (Å²) in [5, 5.41) is 5.11. The zero-order valence-electron chi connectivity index (χ0n) is 10.4. The second-order valence-corrected chi connectivity index (χ2v) is 3.64. The van der Waals surface area contributed by atoms with Crippen molar-refractivity contribution in [1.82, 2.24) is 10.6 Å². The molecule has 6 heteroatoms. The molecule has 0 spiro atoms. The van der Waals surface area contributed by atoms with Gasteiger partial charge in [0.15, 0.2) is 0 Å². The number of hydrogen-bond donors (Lipinski definition) is 3. The molecular weight excluding hydrogens is 234 g/mol. The number of nitrogens with two attached hydrogens (primary N) is 1. The Bertz CT molecular complexity index is 446. The Kier molecular flexibility index (Phi) is 4.98. The number of rotatable bonds is 5. The first kappa shape index (κ1) is 13.8. The van der Waals surface area contributed by atoms with E-state index >= 15 is 0 Å². The number of benzene rings is 1. The maximum atomic E-state index is 11.8. The van der Waals surface area contributed by atoms with Crippen LogP contribution in [0.2, 0.25) is 0 Å². The van der Waals surface area contributed by atoms with Crippen molar-refractivity contribution in [1.29, 1.82) is 0 Å². The van der Waals surface area contributed by atoms with Gasteiger partial charge in [-0.2, -0.15) is 0 Å². The van der Waals surface area contributed by atoms with Crippen molar-refractivity contribution < 1.29 is 14.3 Å². The molecule has 2 amide bonds. The molecule has 0 radical (unpaired) electrons. The van der Waals surface area contributed by atoms with Gasteiger partial charge >= 0.3 is 0 Å². The molecule has 0 bridgehead atoms. The van der Waals surface area contributed by atoms with Crippen molar-refractivity contribution in [3.05, 3.63) is 23.8 Å². The number of anilines is 1. The molecule has 98 valence electrons. The van der Waals surface area contributed by atoms with Gasteiger partial charge in [-0.05, 0) is 12.1 Å². The highest BCUT2D eigenvalue weighted by atomic mass is 16.5. The monoisotopic (exact) mass is 251 g/mol. The van der Waals surface area contributed by atoms with Gasteiger partial charge in [0.2, 0.25) is 5.91 Å². The first-order valence-electron chi connectivity index (χ1n) is 5.50. The van der Waals surface area contributed by atoms with Gasteiger partial charge < -0.3 is 21.1 Å². The molecule has 0 fully saturated rings. The van der Waals surface area contributed by atoms with E-state index in [1.54, 1.807) is 25.2 Å². The molecule has 0 saturated carbocycles. The number of nitrogen functional groups attached to an aromatic ring is 1. The number of methoxy groups -OCH3 is 1. The summed E-state index contributed by atoms with van der Waals surface area (Å²) in [6, 6.07) is 4.78. The minimum atomic E-state index is -0.296. The number of amides is 2. The first-order valence-corrected chi connectivity index (χ1v) is 5.50. The third-order valence-corrected chi connectivity index (χ3v) is 2.39. The summed E-state index contributed by atoms with van der Waals surface area (Å²) in [6.45, 7) is 0.270. The average Bonchev–Trinajstić information content (AvgIpc) is 2.37. The van der Waals surface area contributed by atoms with Crippen LogP contribution in [-0.4, -0.2) is 32.5 Å². The Hall–Kier alpha value is -2.24. The number of carbonyl (C=O) groups excluding carboxylic acids is 2. The number of nitrogens with one attached hydrogen (secondary N) is 2. The molecule has 0 aliphatic rings. The fourth-order valence-electron chi connectivity index (χ4n) is 1.41.